The molecular weight excluding hydrogens is 270 g/mol. The Bertz CT molecular complexity index is 460. The number of aliphatic hydroxyl groups is 1. The van der Waals surface area contributed by atoms with E-state index in [-0.39, 0.29) is 12.5 Å². The van der Waals surface area contributed by atoms with Crippen LogP contribution in [0.3, 0.4) is 0 Å². The smallest absolute Gasteiger partial charge is 0.260 e. The number of carbonyl (C=O) groups excluding carboxylic acids is 1. The number of hydrogen-bond donors (Lipinski definition) is 2. The molecule has 0 bridgehead atoms. The van der Waals surface area contributed by atoms with Gasteiger partial charge < -0.3 is 19.9 Å². The van der Waals surface area contributed by atoms with Gasteiger partial charge in [0.25, 0.3) is 5.91 Å². The molecule has 0 saturated heterocycles. The Morgan fingerprint density at radius 2 is 2.00 bits per heavy atom. The monoisotopic (exact) mass is 295 g/mol. The second kappa shape index (κ2) is 8.52. The number of rotatable bonds is 8. The summed E-state index contributed by atoms with van der Waals surface area (Å²) in [4.78, 5) is 12.0. The minimum atomic E-state index is -0.625. The molecule has 5 heteroatoms. The number of methoxy groups -OCH3 is 1. The van der Waals surface area contributed by atoms with E-state index in [2.05, 4.69) is 19.2 Å². The molecule has 21 heavy (non-hydrogen) atoms. The molecule has 2 N–H and O–H groups in total. The molecule has 1 rings (SSSR count). The molecule has 0 heterocycles. The zero-order chi connectivity index (χ0) is 15.8. The lowest BCUT2D eigenvalue weighted by atomic mass is 10.1. The molecule has 1 aromatic rings. The Kier molecular flexibility index (Phi) is 7.02. The quantitative estimate of drug-likeness (QED) is 0.771. The van der Waals surface area contributed by atoms with Gasteiger partial charge in [0.1, 0.15) is 0 Å². The van der Waals surface area contributed by atoms with Gasteiger partial charge in [0.2, 0.25) is 0 Å². The fraction of sp³-hybridized carbons (Fsp3) is 0.562. The Morgan fingerprint density at radius 1 is 1.29 bits per heavy atom. The summed E-state index contributed by atoms with van der Waals surface area (Å²) in [5.74, 6) is 1.37. The molecule has 0 fully saturated rings. The minimum absolute atomic E-state index is 0.0880. The van der Waals surface area contributed by atoms with Crippen LogP contribution in [0.2, 0.25) is 0 Å². The molecule has 0 spiro atoms. The molecule has 1 unspecified atom stereocenters. The van der Waals surface area contributed by atoms with Gasteiger partial charge in [-0.3, -0.25) is 4.79 Å². The van der Waals surface area contributed by atoms with Gasteiger partial charge in [-0.05, 0) is 37.0 Å². The van der Waals surface area contributed by atoms with Crippen molar-refractivity contribution in [2.75, 3.05) is 13.7 Å². The van der Waals surface area contributed by atoms with Gasteiger partial charge in [-0.15, -0.1) is 0 Å². The van der Waals surface area contributed by atoms with E-state index in [1.807, 2.05) is 0 Å². The first kappa shape index (κ1) is 17.3. The number of nitrogens with one attached hydrogen (secondary N) is 1. The number of aliphatic hydroxyl groups excluding tert-OH is 1. The van der Waals surface area contributed by atoms with Crippen molar-refractivity contribution in [2.24, 2.45) is 5.92 Å². The fourth-order valence-electron chi connectivity index (χ4n) is 1.78. The van der Waals surface area contributed by atoms with E-state index in [4.69, 9.17) is 14.6 Å². The predicted octanol–water partition coefficient (Wildman–Crippen LogP) is 2.12. The molecule has 1 amide bonds. The van der Waals surface area contributed by atoms with Crippen molar-refractivity contribution in [1.82, 2.24) is 5.32 Å². The van der Waals surface area contributed by atoms with Crippen LogP contribution >= 0.6 is 0 Å². The zero-order valence-corrected chi connectivity index (χ0v) is 13.2. The summed E-state index contributed by atoms with van der Waals surface area (Å²) in [6, 6.07) is 5.14. The maximum Gasteiger partial charge on any atom is 0.260 e. The second-order valence-corrected chi connectivity index (χ2v) is 5.38. The third-order valence-electron chi connectivity index (χ3n) is 3.10. The molecule has 1 atom stereocenters. The van der Waals surface area contributed by atoms with Gasteiger partial charge >= 0.3 is 0 Å². The largest absolute Gasteiger partial charge is 0.493 e. The second-order valence-electron chi connectivity index (χ2n) is 5.38. The van der Waals surface area contributed by atoms with Crippen LogP contribution < -0.4 is 14.8 Å². The fourth-order valence-corrected chi connectivity index (χ4v) is 1.78. The highest BCUT2D eigenvalue weighted by Gasteiger charge is 2.16. The van der Waals surface area contributed by atoms with E-state index in [1.54, 1.807) is 25.1 Å². The minimum Gasteiger partial charge on any atom is -0.493 e. The van der Waals surface area contributed by atoms with Crippen LogP contribution in [0.5, 0.6) is 11.5 Å². The highest BCUT2D eigenvalue weighted by Crippen LogP contribution is 2.29. The van der Waals surface area contributed by atoms with Crippen LogP contribution in [-0.2, 0) is 11.4 Å². The molecule has 0 saturated carbocycles. The van der Waals surface area contributed by atoms with Gasteiger partial charge in [0.05, 0.1) is 13.7 Å². The molecule has 118 valence electrons. The predicted molar refractivity (Wildman–Crippen MR) is 81.5 cm³/mol. The average molecular weight is 295 g/mol. The average Bonchev–Trinajstić information content (AvgIpc) is 2.46. The molecule has 1 aromatic carbocycles. The first-order valence-electron chi connectivity index (χ1n) is 7.20. The molecule has 0 aliphatic heterocycles. The number of ether oxygens (including phenoxy) is 2. The van der Waals surface area contributed by atoms with E-state index in [1.165, 1.54) is 7.11 Å². The van der Waals surface area contributed by atoms with Crippen LogP contribution in [0.15, 0.2) is 18.2 Å². The maximum absolute atomic E-state index is 12.0. The first-order valence-corrected chi connectivity index (χ1v) is 7.20. The third-order valence-corrected chi connectivity index (χ3v) is 3.10. The normalized spacial score (nSPS) is 12.1. The molecule has 5 nitrogen and oxygen atoms in total. The lowest BCUT2D eigenvalue weighted by Crippen LogP contribution is -2.37. The Hall–Kier alpha value is -1.75. The Morgan fingerprint density at radius 3 is 2.57 bits per heavy atom. The summed E-state index contributed by atoms with van der Waals surface area (Å²) in [5.41, 5.74) is 0.707. The van der Waals surface area contributed by atoms with Crippen molar-refractivity contribution >= 4 is 5.91 Å². The number of carbonyl (C=O) groups is 1. The lowest BCUT2D eigenvalue weighted by molar-refractivity contribution is -0.127. The summed E-state index contributed by atoms with van der Waals surface area (Å²) >= 11 is 0. The van der Waals surface area contributed by atoms with Crippen LogP contribution in [0, 0.1) is 5.92 Å². The highest BCUT2D eigenvalue weighted by atomic mass is 16.5. The standard InChI is InChI=1S/C16H25NO4/c1-11(2)7-8-17-16(19)12(3)21-15-9-13(10-18)5-6-14(15)20-4/h5-6,9,11-12,18H,7-8,10H2,1-4H3,(H,17,19). The van der Waals surface area contributed by atoms with Crippen molar-refractivity contribution in [3.8, 4) is 11.5 Å². The summed E-state index contributed by atoms with van der Waals surface area (Å²) in [6.45, 7) is 6.46. The van der Waals surface area contributed by atoms with Crippen molar-refractivity contribution in [1.29, 1.82) is 0 Å². The van der Waals surface area contributed by atoms with Crippen LogP contribution in [0.4, 0.5) is 0 Å². The number of hydrogen-bond acceptors (Lipinski definition) is 4. The zero-order valence-electron chi connectivity index (χ0n) is 13.2. The van der Waals surface area contributed by atoms with E-state index >= 15 is 0 Å². The third kappa shape index (κ3) is 5.63. The van der Waals surface area contributed by atoms with Crippen LogP contribution in [0.1, 0.15) is 32.8 Å². The molecule has 0 aliphatic rings. The summed E-state index contributed by atoms with van der Waals surface area (Å²) < 4.78 is 10.8. The SMILES string of the molecule is COc1ccc(CO)cc1OC(C)C(=O)NCCC(C)C. The maximum atomic E-state index is 12.0. The van der Waals surface area contributed by atoms with Gasteiger partial charge in [0, 0.05) is 6.54 Å². The van der Waals surface area contributed by atoms with Crippen molar-refractivity contribution < 1.29 is 19.4 Å². The Balaban J connectivity index is 2.64. The lowest BCUT2D eigenvalue weighted by Gasteiger charge is -2.17. The van der Waals surface area contributed by atoms with Crippen LogP contribution in [0.25, 0.3) is 0 Å². The van der Waals surface area contributed by atoms with Gasteiger partial charge in [-0.25, -0.2) is 0 Å². The van der Waals surface area contributed by atoms with Gasteiger partial charge in [-0.1, -0.05) is 19.9 Å². The van der Waals surface area contributed by atoms with Crippen molar-refractivity contribution in [3.63, 3.8) is 0 Å². The summed E-state index contributed by atoms with van der Waals surface area (Å²) in [7, 11) is 1.54. The van der Waals surface area contributed by atoms with Crippen molar-refractivity contribution in [2.45, 2.75) is 39.9 Å². The van der Waals surface area contributed by atoms with Crippen LogP contribution in [-0.4, -0.2) is 30.8 Å². The summed E-state index contributed by atoms with van der Waals surface area (Å²) in [6.07, 6.45) is 0.307. The highest BCUT2D eigenvalue weighted by molar-refractivity contribution is 5.80. The first-order chi connectivity index (χ1) is 9.97. The molecular formula is C16H25NO4. The Labute approximate surface area is 126 Å². The van der Waals surface area contributed by atoms with E-state index in [9.17, 15) is 4.79 Å². The topological polar surface area (TPSA) is 67.8 Å². The van der Waals surface area contributed by atoms with E-state index in [0.29, 0.717) is 29.5 Å². The van der Waals surface area contributed by atoms with Gasteiger partial charge in [0.15, 0.2) is 17.6 Å². The molecule has 0 aromatic heterocycles. The number of amides is 1. The van der Waals surface area contributed by atoms with Crippen molar-refractivity contribution in [3.05, 3.63) is 23.8 Å². The molecule has 0 radical (unpaired) electrons. The molecule has 0 aliphatic carbocycles. The van der Waals surface area contributed by atoms with E-state index in [0.717, 1.165) is 6.42 Å². The van der Waals surface area contributed by atoms with Gasteiger partial charge in [-0.2, -0.15) is 0 Å². The summed E-state index contributed by atoms with van der Waals surface area (Å²) in [5, 5.41) is 12.0. The number of benzene rings is 1. The van der Waals surface area contributed by atoms with E-state index < -0.39 is 6.10 Å².